The number of ether oxygens (including phenoxy) is 1. The molecule has 0 aromatic carbocycles. The van der Waals surface area contributed by atoms with Gasteiger partial charge in [-0.1, -0.05) is 0 Å². The van der Waals surface area contributed by atoms with Gasteiger partial charge in [-0.2, -0.15) is 5.10 Å². The predicted molar refractivity (Wildman–Crippen MR) is 65.4 cm³/mol. The average molecular weight is 246 g/mol. The van der Waals surface area contributed by atoms with Crippen LogP contribution < -0.4 is 11.3 Å². The SMILES string of the molecule is Cn1nccc1-c1nc2c(c(NN)n1)COCC2. The van der Waals surface area contributed by atoms with Gasteiger partial charge in [-0.05, 0) is 6.07 Å². The molecule has 0 atom stereocenters. The van der Waals surface area contributed by atoms with Crippen molar-refractivity contribution in [2.24, 2.45) is 12.9 Å². The molecule has 0 aliphatic carbocycles. The Bertz CT molecular complexity index is 562. The van der Waals surface area contributed by atoms with Crippen LogP contribution in [0.15, 0.2) is 12.3 Å². The number of fused-ring (bicyclic) bond motifs is 1. The molecule has 0 unspecified atom stereocenters. The van der Waals surface area contributed by atoms with Crippen molar-refractivity contribution in [2.75, 3.05) is 12.0 Å². The first-order valence-electron chi connectivity index (χ1n) is 5.72. The first-order chi connectivity index (χ1) is 8.79. The fraction of sp³-hybridized carbons (Fsp3) is 0.364. The fourth-order valence-electron chi connectivity index (χ4n) is 2.06. The number of anilines is 1. The Morgan fingerprint density at radius 2 is 2.33 bits per heavy atom. The molecular weight excluding hydrogens is 232 g/mol. The molecule has 0 fully saturated rings. The van der Waals surface area contributed by atoms with Crippen molar-refractivity contribution >= 4 is 5.82 Å². The lowest BCUT2D eigenvalue weighted by atomic mass is 10.1. The molecule has 94 valence electrons. The molecule has 0 radical (unpaired) electrons. The van der Waals surface area contributed by atoms with Gasteiger partial charge in [-0.3, -0.25) is 4.68 Å². The van der Waals surface area contributed by atoms with Crippen LogP contribution in [0.1, 0.15) is 11.3 Å². The van der Waals surface area contributed by atoms with Crippen molar-refractivity contribution in [1.29, 1.82) is 0 Å². The molecule has 7 nitrogen and oxygen atoms in total. The summed E-state index contributed by atoms with van der Waals surface area (Å²) in [6, 6.07) is 1.88. The lowest BCUT2D eigenvalue weighted by Crippen LogP contribution is -2.19. The van der Waals surface area contributed by atoms with Crippen molar-refractivity contribution in [3.63, 3.8) is 0 Å². The smallest absolute Gasteiger partial charge is 0.180 e. The molecule has 0 bridgehead atoms. The molecule has 3 rings (SSSR count). The Morgan fingerprint density at radius 3 is 3.06 bits per heavy atom. The number of rotatable bonds is 2. The van der Waals surface area contributed by atoms with Crippen LogP contribution in [0.3, 0.4) is 0 Å². The minimum absolute atomic E-state index is 0.501. The number of aromatic nitrogens is 4. The lowest BCUT2D eigenvalue weighted by Gasteiger charge is -2.19. The second kappa shape index (κ2) is 4.35. The van der Waals surface area contributed by atoms with Crippen LogP contribution in [0.2, 0.25) is 0 Å². The molecule has 0 saturated carbocycles. The zero-order valence-electron chi connectivity index (χ0n) is 10.1. The van der Waals surface area contributed by atoms with Gasteiger partial charge in [-0.25, -0.2) is 15.8 Å². The highest BCUT2D eigenvalue weighted by molar-refractivity contribution is 5.56. The number of nitrogens with one attached hydrogen (secondary N) is 1. The van der Waals surface area contributed by atoms with Gasteiger partial charge >= 0.3 is 0 Å². The second-order valence-electron chi connectivity index (χ2n) is 4.11. The summed E-state index contributed by atoms with van der Waals surface area (Å²) in [4.78, 5) is 9.00. The topological polar surface area (TPSA) is 90.9 Å². The number of aryl methyl sites for hydroxylation is 1. The molecule has 7 heteroatoms. The van der Waals surface area contributed by atoms with E-state index in [0.717, 1.165) is 23.4 Å². The molecule has 3 N–H and O–H groups in total. The third-order valence-electron chi connectivity index (χ3n) is 3.01. The quantitative estimate of drug-likeness (QED) is 0.582. The van der Waals surface area contributed by atoms with Crippen molar-refractivity contribution < 1.29 is 4.74 Å². The number of nitrogens with two attached hydrogens (primary N) is 1. The first-order valence-corrected chi connectivity index (χ1v) is 5.72. The highest BCUT2D eigenvalue weighted by Gasteiger charge is 2.19. The Balaban J connectivity index is 2.14. The van der Waals surface area contributed by atoms with Gasteiger partial charge in [0, 0.05) is 25.2 Å². The molecule has 3 heterocycles. The summed E-state index contributed by atoms with van der Waals surface area (Å²) in [5, 5.41) is 4.12. The van der Waals surface area contributed by atoms with E-state index in [-0.39, 0.29) is 0 Å². The van der Waals surface area contributed by atoms with E-state index in [4.69, 9.17) is 10.6 Å². The van der Waals surface area contributed by atoms with E-state index in [1.807, 2.05) is 13.1 Å². The maximum atomic E-state index is 5.52. The fourth-order valence-corrected chi connectivity index (χ4v) is 2.06. The third-order valence-corrected chi connectivity index (χ3v) is 3.01. The summed E-state index contributed by atoms with van der Waals surface area (Å²) in [6.07, 6.45) is 2.49. The number of nitrogens with zero attached hydrogens (tertiary/aromatic N) is 4. The maximum Gasteiger partial charge on any atom is 0.180 e. The Morgan fingerprint density at radius 1 is 1.44 bits per heavy atom. The van der Waals surface area contributed by atoms with Crippen LogP contribution in [0.25, 0.3) is 11.5 Å². The van der Waals surface area contributed by atoms with E-state index < -0.39 is 0 Å². The Kier molecular flexibility index (Phi) is 2.69. The van der Waals surface area contributed by atoms with Gasteiger partial charge in [0.15, 0.2) is 5.82 Å². The van der Waals surface area contributed by atoms with Gasteiger partial charge < -0.3 is 10.2 Å². The summed E-state index contributed by atoms with van der Waals surface area (Å²) in [7, 11) is 1.86. The molecule has 2 aromatic heterocycles. The van der Waals surface area contributed by atoms with Crippen molar-refractivity contribution in [3.8, 4) is 11.5 Å². The van der Waals surface area contributed by atoms with Gasteiger partial charge in [0.25, 0.3) is 0 Å². The van der Waals surface area contributed by atoms with Crippen molar-refractivity contribution in [3.05, 3.63) is 23.5 Å². The standard InChI is InChI=1S/C11H14N6O/c1-17-9(2-4-13-17)11-14-8-3-5-18-6-7(8)10(15-11)16-12/h2,4H,3,5-6,12H2,1H3,(H,14,15,16). The van der Waals surface area contributed by atoms with Gasteiger partial charge in [-0.15, -0.1) is 0 Å². The van der Waals surface area contributed by atoms with E-state index in [9.17, 15) is 0 Å². The molecule has 2 aromatic rings. The number of hydrazine groups is 1. The van der Waals surface area contributed by atoms with Crippen LogP contribution in [0.5, 0.6) is 0 Å². The Hall–Kier alpha value is -1.99. The predicted octanol–water partition coefficient (Wildman–Crippen LogP) is 0.235. The van der Waals surface area contributed by atoms with E-state index in [2.05, 4.69) is 20.5 Å². The monoisotopic (exact) mass is 246 g/mol. The molecule has 1 aliphatic rings. The van der Waals surface area contributed by atoms with E-state index in [1.54, 1.807) is 10.9 Å². The summed E-state index contributed by atoms with van der Waals surface area (Å²) >= 11 is 0. The summed E-state index contributed by atoms with van der Waals surface area (Å²) in [5.74, 6) is 6.77. The van der Waals surface area contributed by atoms with Gasteiger partial charge in [0.05, 0.1) is 18.9 Å². The number of hydrogen-bond acceptors (Lipinski definition) is 6. The molecule has 0 saturated heterocycles. The average Bonchev–Trinajstić information content (AvgIpc) is 2.83. The molecule has 18 heavy (non-hydrogen) atoms. The third kappa shape index (κ3) is 1.73. The minimum atomic E-state index is 0.501. The summed E-state index contributed by atoms with van der Waals surface area (Å²) in [5.41, 5.74) is 5.40. The maximum absolute atomic E-state index is 5.52. The normalized spacial score (nSPS) is 14.3. The van der Waals surface area contributed by atoms with E-state index >= 15 is 0 Å². The summed E-state index contributed by atoms with van der Waals surface area (Å²) in [6.45, 7) is 1.18. The first kappa shape index (κ1) is 11.1. The molecular formula is C11H14N6O. The molecule has 0 amide bonds. The van der Waals surface area contributed by atoms with Crippen LogP contribution in [-0.4, -0.2) is 26.4 Å². The summed E-state index contributed by atoms with van der Waals surface area (Å²) < 4.78 is 7.14. The second-order valence-corrected chi connectivity index (χ2v) is 4.11. The van der Waals surface area contributed by atoms with E-state index in [1.165, 1.54) is 0 Å². The zero-order valence-corrected chi connectivity index (χ0v) is 10.1. The van der Waals surface area contributed by atoms with E-state index in [0.29, 0.717) is 24.9 Å². The van der Waals surface area contributed by atoms with Gasteiger partial charge in [0.1, 0.15) is 11.5 Å². The number of nitrogen functional groups attached to an aromatic ring is 1. The van der Waals surface area contributed by atoms with Crippen LogP contribution in [-0.2, 0) is 24.8 Å². The van der Waals surface area contributed by atoms with Crippen LogP contribution >= 0.6 is 0 Å². The zero-order chi connectivity index (χ0) is 12.5. The van der Waals surface area contributed by atoms with Crippen molar-refractivity contribution in [2.45, 2.75) is 13.0 Å². The highest BCUT2D eigenvalue weighted by atomic mass is 16.5. The number of hydrogen-bond donors (Lipinski definition) is 2. The largest absolute Gasteiger partial charge is 0.376 e. The minimum Gasteiger partial charge on any atom is -0.376 e. The Labute approximate surface area is 104 Å². The lowest BCUT2D eigenvalue weighted by molar-refractivity contribution is 0.109. The molecule has 0 spiro atoms. The van der Waals surface area contributed by atoms with Gasteiger partial charge in [0.2, 0.25) is 0 Å². The van der Waals surface area contributed by atoms with Crippen LogP contribution in [0.4, 0.5) is 5.82 Å². The molecule has 1 aliphatic heterocycles. The van der Waals surface area contributed by atoms with Crippen molar-refractivity contribution in [1.82, 2.24) is 19.7 Å². The van der Waals surface area contributed by atoms with Crippen LogP contribution in [0, 0.1) is 0 Å². The highest BCUT2D eigenvalue weighted by Crippen LogP contribution is 2.25.